The van der Waals surface area contributed by atoms with Crippen molar-refractivity contribution in [2.45, 2.75) is 20.8 Å². The molecular formula is C14H15N3O4. The van der Waals surface area contributed by atoms with Gasteiger partial charge in [-0.2, -0.15) is 0 Å². The number of hydrogen-bond donors (Lipinski definition) is 3. The SMILES string of the molecule is Cc1cc(C)c(-n2c(O)c(C=NO)c(=O)[nH]c2=O)c(C)c1. The summed E-state index contributed by atoms with van der Waals surface area (Å²) in [6.45, 7) is 5.52. The van der Waals surface area contributed by atoms with Crippen molar-refractivity contribution in [2.24, 2.45) is 5.16 Å². The van der Waals surface area contributed by atoms with Crippen molar-refractivity contribution >= 4 is 6.21 Å². The van der Waals surface area contributed by atoms with Gasteiger partial charge in [-0.15, -0.1) is 0 Å². The summed E-state index contributed by atoms with van der Waals surface area (Å²) in [5.74, 6) is -0.573. The van der Waals surface area contributed by atoms with Crippen LogP contribution in [-0.4, -0.2) is 26.1 Å². The monoisotopic (exact) mass is 289 g/mol. The quantitative estimate of drug-likeness (QED) is 0.435. The summed E-state index contributed by atoms with van der Waals surface area (Å²) >= 11 is 0. The number of nitrogens with zero attached hydrogens (tertiary/aromatic N) is 2. The van der Waals surface area contributed by atoms with Crippen LogP contribution in [0, 0.1) is 20.8 Å². The zero-order valence-electron chi connectivity index (χ0n) is 11.8. The Balaban J connectivity index is 2.92. The minimum absolute atomic E-state index is 0.295. The summed E-state index contributed by atoms with van der Waals surface area (Å²) in [7, 11) is 0. The topological polar surface area (TPSA) is 108 Å². The maximum atomic E-state index is 12.0. The molecule has 0 atom stereocenters. The average molecular weight is 289 g/mol. The highest BCUT2D eigenvalue weighted by molar-refractivity contribution is 5.81. The second-order valence-electron chi connectivity index (χ2n) is 4.82. The van der Waals surface area contributed by atoms with Crippen molar-refractivity contribution in [1.29, 1.82) is 0 Å². The van der Waals surface area contributed by atoms with E-state index in [0.717, 1.165) is 27.5 Å². The van der Waals surface area contributed by atoms with Gasteiger partial charge >= 0.3 is 5.69 Å². The van der Waals surface area contributed by atoms with E-state index in [4.69, 9.17) is 5.21 Å². The van der Waals surface area contributed by atoms with Gasteiger partial charge < -0.3 is 10.3 Å². The highest BCUT2D eigenvalue weighted by atomic mass is 16.4. The number of aromatic amines is 1. The van der Waals surface area contributed by atoms with Crippen LogP contribution in [-0.2, 0) is 0 Å². The van der Waals surface area contributed by atoms with Crippen LogP contribution in [0.25, 0.3) is 5.69 Å². The van der Waals surface area contributed by atoms with Gasteiger partial charge in [0.2, 0.25) is 5.88 Å². The molecule has 0 saturated carbocycles. The number of aromatic hydroxyl groups is 1. The van der Waals surface area contributed by atoms with Gasteiger partial charge in [0.15, 0.2) is 0 Å². The van der Waals surface area contributed by atoms with E-state index in [9.17, 15) is 14.7 Å². The molecule has 0 fully saturated rings. The van der Waals surface area contributed by atoms with Gasteiger partial charge in [0.05, 0.1) is 11.9 Å². The van der Waals surface area contributed by atoms with Crippen molar-refractivity contribution in [3.63, 3.8) is 0 Å². The molecule has 0 bridgehead atoms. The lowest BCUT2D eigenvalue weighted by molar-refractivity contribution is 0.321. The van der Waals surface area contributed by atoms with Gasteiger partial charge in [0, 0.05) is 0 Å². The maximum Gasteiger partial charge on any atom is 0.335 e. The van der Waals surface area contributed by atoms with Gasteiger partial charge in [0.25, 0.3) is 5.56 Å². The molecule has 0 amide bonds. The molecule has 1 aromatic heterocycles. The second-order valence-corrected chi connectivity index (χ2v) is 4.82. The molecule has 0 saturated heterocycles. The number of oxime groups is 1. The third-order valence-corrected chi connectivity index (χ3v) is 3.17. The fourth-order valence-corrected chi connectivity index (χ4v) is 2.45. The van der Waals surface area contributed by atoms with E-state index in [-0.39, 0.29) is 5.56 Å². The van der Waals surface area contributed by atoms with E-state index in [1.807, 2.05) is 19.1 Å². The standard InChI is InChI=1S/C14H15N3O4/c1-7-4-8(2)11(9(3)5-7)17-13(19)10(6-15-21)12(18)16-14(17)20/h4-6,19,21H,1-3H3,(H,16,18,20). The molecule has 7 nitrogen and oxygen atoms in total. The number of nitrogens with one attached hydrogen (secondary N) is 1. The molecule has 0 aliphatic carbocycles. The zero-order chi connectivity index (χ0) is 15.7. The van der Waals surface area contributed by atoms with E-state index in [0.29, 0.717) is 5.69 Å². The Morgan fingerprint density at radius 3 is 2.29 bits per heavy atom. The van der Waals surface area contributed by atoms with Gasteiger partial charge in [-0.3, -0.25) is 9.78 Å². The first-order valence-corrected chi connectivity index (χ1v) is 6.20. The van der Waals surface area contributed by atoms with Gasteiger partial charge in [0.1, 0.15) is 5.56 Å². The molecule has 1 aromatic carbocycles. The maximum absolute atomic E-state index is 12.0. The van der Waals surface area contributed by atoms with E-state index in [1.165, 1.54) is 0 Å². The molecule has 0 aliphatic rings. The van der Waals surface area contributed by atoms with E-state index in [1.54, 1.807) is 13.8 Å². The van der Waals surface area contributed by atoms with Crippen molar-refractivity contribution < 1.29 is 10.3 Å². The van der Waals surface area contributed by atoms with Crippen molar-refractivity contribution in [3.8, 4) is 11.6 Å². The Hall–Kier alpha value is -2.83. The van der Waals surface area contributed by atoms with Crippen molar-refractivity contribution in [2.75, 3.05) is 0 Å². The third-order valence-electron chi connectivity index (χ3n) is 3.17. The first-order chi connectivity index (χ1) is 9.86. The first kappa shape index (κ1) is 14.6. The number of aryl methyl sites for hydroxylation is 3. The molecule has 2 aromatic rings. The molecular weight excluding hydrogens is 274 g/mol. The van der Waals surface area contributed by atoms with Crippen LogP contribution in [0.2, 0.25) is 0 Å². The summed E-state index contributed by atoms with van der Waals surface area (Å²) in [6, 6.07) is 3.72. The largest absolute Gasteiger partial charge is 0.493 e. The second kappa shape index (κ2) is 5.28. The van der Waals surface area contributed by atoms with Gasteiger partial charge in [-0.1, -0.05) is 22.9 Å². The van der Waals surface area contributed by atoms with Crippen LogP contribution in [0.15, 0.2) is 26.9 Å². The predicted molar refractivity (Wildman–Crippen MR) is 77.9 cm³/mol. The Morgan fingerprint density at radius 2 is 1.76 bits per heavy atom. The molecule has 0 radical (unpaired) electrons. The predicted octanol–water partition coefficient (Wildman–Crippen LogP) is 0.965. The normalized spacial score (nSPS) is 11.2. The van der Waals surface area contributed by atoms with Crippen LogP contribution >= 0.6 is 0 Å². The van der Waals surface area contributed by atoms with Crippen LogP contribution in [0.1, 0.15) is 22.3 Å². The lowest BCUT2D eigenvalue weighted by atomic mass is 10.0. The zero-order valence-corrected chi connectivity index (χ0v) is 11.8. The van der Waals surface area contributed by atoms with E-state index >= 15 is 0 Å². The molecule has 0 unspecified atom stereocenters. The van der Waals surface area contributed by atoms with Crippen LogP contribution in [0.5, 0.6) is 5.88 Å². The molecule has 110 valence electrons. The molecule has 1 heterocycles. The van der Waals surface area contributed by atoms with Crippen LogP contribution < -0.4 is 11.2 Å². The summed E-state index contributed by atoms with van der Waals surface area (Å²) in [6.07, 6.45) is 0.781. The summed E-state index contributed by atoms with van der Waals surface area (Å²) in [4.78, 5) is 25.8. The molecule has 2 rings (SSSR count). The van der Waals surface area contributed by atoms with E-state index < -0.39 is 17.1 Å². The lowest BCUT2D eigenvalue weighted by Crippen LogP contribution is -2.32. The highest BCUT2D eigenvalue weighted by Gasteiger charge is 2.17. The lowest BCUT2D eigenvalue weighted by Gasteiger charge is -2.15. The third kappa shape index (κ3) is 2.45. The molecule has 7 heteroatoms. The average Bonchev–Trinajstić information content (AvgIpc) is 2.37. The Morgan fingerprint density at radius 1 is 1.19 bits per heavy atom. The Bertz CT molecular complexity index is 823. The molecule has 0 spiro atoms. The number of rotatable bonds is 2. The molecule has 3 N–H and O–H groups in total. The Kier molecular flexibility index (Phi) is 3.66. The fraction of sp³-hybridized carbons (Fsp3) is 0.214. The van der Waals surface area contributed by atoms with E-state index in [2.05, 4.69) is 10.1 Å². The fourth-order valence-electron chi connectivity index (χ4n) is 2.45. The molecule has 0 aliphatic heterocycles. The highest BCUT2D eigenvalue weighted by Crippen LogP contribution is 2.23. The minimum atomic E-state index is -0.825. The summed E-state index contributed by atoms with van der Waals surface area (Å²) in [5.41, 5.74) is 1.15. The summed E-state index contributed by atoms with van der Waals surface area (Å²) in [5, 5.41) is 21.5. The summed E-state index contributed by atoms with van der Waals surface area (Å²) < 4.78 is 0.989. The van der Waals surface area contributed by atoms with Gasteiger partial charge in [-0.25, -0.2) is 9.36 Å². The number of aromatic nitrogens is 2. The van der Waals surface area contributed by atoms with Gasteiger partial charge in [-0.05, 0) is 31.9 Å². The molecule has 21 heavy (non-hydrogen) atoms. The minimum Gasteiger partial charge on any atom is -0.493 e. The van der Waals surface area contributed by atoms with Crippen LogP contribution in [0.3, 0.4) is 0 Å². The van der Waals surface area contributed by atoms with Crippen LogP contribution in [0.4, 0.5) is 0 Å². The first-order valence-electron chi connectivity index (χ1n) is 6.20. The van der Waals surface area contributed by atoms with Crippen molar-refractivity contribution in [1.82, 2.24) is 9.55 Å². The smallest absolute Gasteiger partial charge is 0.335 e. The number of hydrogen-bond acceptors (Lipinski definition) is 5. The van der Waals surface area contributed by atoms with Crippen molar-refractivity contribution in [3.05, 3.63) is 55.2 Å². The Labute approximate surface area is 119 Å². The number of benzene rings is 1. The number of H-pyrrole nitrogens is 1.